The maximum atomic E-state index is 14.4. The summed E-state index contributed by atoms with van der Waals surface area (Å²) in [5.41, 5.74) is -4.65. The fraction of sp³-hybridized carbons (Fsp3) is 0.375. The highest BCUT2D eigenvalue weighted by atomic mass is 19.2. The van der Waals surface area contributed by atoms with Gasteiger partial charge in [0.05, 0.1) is 11.5 Å². The highest BCUT2D eigenvalue weighted by Crippen LogP contribution is 2.32. The maximum Gasteiger partial charge on any atom is 0.343 e. The summed E-state index contributed by atoms with van der Waals surface area (Å²) in [5.74, 6) is -7.99. The van der Waals surface area contributed by atoms with E-state index in [2.05, 4.69) is 5.32 Å². The molecule has 1 N–H and O–H groups in total. The molecule has 0 radical (unpaired) electrons. The van der Waals surface area contributed by atoms with E-state index in [-0.39, 0.29) is 12.6 Å². The molecule has 140 valence electrons. The minimum absolute atomic E-state index is 0.00116. The molecule has 2 rings (SSSR count). The lowest BCUT2D eigenvalue weighted by molar-refractivity contribution is -0.388. The van der Waals surface area contributed by atoms with E-state index in [9.17, 15) is 32.9 Å². The van der Waals surface area contributed by atoms with E-state index < -0.39 is 56.5 Å². The second kappa shape index (κ2) is 7.54. The average molecular weight is 372 g/mol. The van der Waals surface area contributed by atoms with Crippen molar-refractivity contribution in [1.82, 2.24) is 5.32 Å². The predicted octanol–water partition coefficient (Wildman–Crippen LogP) is 2.70. The summed E-state index contributed by atoms with van der Waals surface area (Å²) in [4.78, 5) is 34.3. The molecule has 1 fully saturated rings. The molecule has 7 nitrogen and oxygen atoms in total. The number of Topliss-reactive ketones (excluding diaryl/α,β-unsaturated/α-hetero) is 1. The number of hydrogen-bond donors (Lipinski definition) is 1. The predicted molar refractivity (Wildman–Crippen MR) is 82.9 cm³/mol. The summed E-state index contributed by atoms with van der Waals surface area (Å²) in [7, 11) is 0. The smallest absolute Gasteiger partial charge is 0.343 e. The number of halogens is 3. The van der Waals surface area contributed by atoms with E-state index in [1.165, 1.54) is 6.92 Å². The van der Waals surface area contributed by atoms with E-state index in [0.29, 0.717) is 0 Å². The van der Waals surface area contributed by atoms with E-state index in [4.69, 9.17) is 4.74 Å². The Bertz CT molecular complexity index is 819. The van der Waals surface area contributed by atoms with Crippen LogP contribution in [0.3, 0.4) is 0 Å². The summed E-state index contributed by atoms with van der Waals surface area (Å²) in [6, 6.07) is -0.00116. The lowest BCUT2D eigenvalue weighted by atomic mass is 9.98. The first-order chi connectivity index (χ1) is 12.2. The van der Waals surface area contributed by atoms with Crippen LogP contribution in [-0.2, 0) is 9.53 Å². The van der Waals surface area contributed by atoms with Gasteiger partial charge < -0.3 is 10.1 Å². The van der Waals surface area contributed by atoms with Crippen LogP contribution in [-0.4, -0.2) is 29.3 Å². The molecule has 0 atom stereocenters. The van der Waals surface area contributed by atoms with E-state index >= 15 is 0 Å². The van der Waals surface area contributed by atoms with Crippen molar-refractivity contribution < 1.29 is 32.4 Å². The molecule has 0 aromatic heterocycles. The third-order valence-corrected chi connectivity index (χ3v) is 3.71. The van der Waals surface area contributed by atoms with Crippen molar-refractivity contribution >= 4 is 17.4 Å². The molecule has 0 aliphatic heterocycles. The monoisotopic (exact) mass is 372 g/mol. The van der Waals surface area contributed by atoms with E-state index in [1.54, 1.807) is 0 Å². The number of carbonyl (C=O) groups excluding carboxylic acids is 2. The standard InChI is InChI=1S/C16H15F3N2O5/c1-3-26-16(23)9(6-20-8-4-5-8)15(22)10-11(17)7(2)12(18)13(19)14(10)21(24)25/h6,8,20H,3-5H2,1-2H3. The van der Waals surface area contributed by atoms with Crippen molar-refractivity contribution in [3.63, 3.8) is 0 Å². The van der Waals surface area contributed by atoms with Crippen LogP contribution in [0.5, 0.6) is 0 Å². The van der Waals surface area contributed by atoms with Crippen molar-refractivity contribution in [2.24, 2.45) is 0 Å². The summed E-state index contributed by atoms with van der Waals surface area (Å²) in [6.45, 7) is 2.16. The number of nitrogens with one attached hydrogen (secondary N) is 1. The van der Waals surface area contributed by atoms with Gasteiger partial charge in [0, 0.05) is 17.8 Å². The molecule has 0 spiro atoms. The summed E-state index contributed by atoms with van der Waals surface area (Å²) in [5, 5.41) is 13.8. The quantitative estimate of drug-likeness (QED) is 0.115. The third kappa shape index (κ3) is 3.68. The van der Waals surface area contributed by atoms with Gasteiger partial charge in [0.25, 0.3) is 0 Å². The van der Waals surface area contributed by atoms with Gasteiger partial charge in [0.2, 0.25) is 11.6 Å². The van der Waals surface area contributed by atoms with E-state index in [1.807, 2.05) is 0 Å². The van der Waals surface area contributed by atoms with Crippen LogP contribution >= 0.6 is 0 Å². The second-order valence-electron chi connectivity index (χ2n) is 5.60. The Labute approximate surface area is 146 Å². The van der Waals surface area contributed by atoms with Gasteiger partial charge in [-0.2, -0.15) is 4.39 Å². The van der Waals surface area contributed by atoms with Crippen LogP contribution in [0, 0.1) is 34.5 Å². The normalized spacial score (nSPS) is 14.1. The van der Waals surface area contributed by atoms with Gasteiger partial charge in [0.1, 0.15) is 17.0 Å². The molecule has 1 aromatic carbocycles. The summed E-state index contributed by atoms with van der Waals surface area (Å²) in [6.07, 6.45) is 2.51. The Hall–Kier alpha value is -2.91. The Kier molecular flexibility index (Phi) is 5.63. The largest absolute Gasteiger partial charge is 0.462 e. The highest BCUT2D eigenvalue weighted by molar-refractivity contribution is 6.25. The first kappa shape index (κ1) is 19.4. The van der Waals surface area contributed by atoms with Crippen LogP contribution in [0.4, 0.5) is 18.9 Å². The fourth-order valence-electron chi connectivity index (χ4n) is 2.16. The van der Waals surface area contributed by atoms with Crippen LogP contribution in [0.2, 0.25) is 0 Å². The molecule has 1 aliphatic carbocycles. The number of benzene rings is 1. The molecular formula is C16H15F3N2O5. The highest BCUT2D eigenvalue weighted by Gasteiger charge is 2.38. The average Bonchev–Trinajstić information content (AvgIpc) is 3.40. The Morgan fingerprint density at radius 3 is 2.38 bits per heavy atom. The van der Waals surface area contributed by atoms with Crippen molar-refractivity contribution in [2.75, 3.05) is 6.61 Å². The number of nitro groups is 1. The maximum absolute atomic E-state index is 14.4. The molecule has 26 heavy (non-hydrogen) atoms. The topological polar surface area (TPSA) is 98.5 Å². The Morgan fingerprint density at radius 1 is 1.27 bits per heavy atom. The second-order valence-corrected chi connectivity index (χ2v) is 5.60. The van der Waals surface area contributed by atoms with Crippen LogP contribution in [0.25, 0.3) is 0 Å². The fourth-order valence-corrected chi connectivity index (χ4v) is 2.16. The molecule has 0 saturated heterocycles. The summed E-state index contributed by atoms with van der Waals surface area (Å²) < 4.78 is 46.7. The van der Waals surface area contributed by atoms with Crippen molar-refractivity contribution in [3.05, 3.63) is 50.5 Å². The Balaban J connectivity index is 2.62. The van der Waals surface area contributed by atoms with Crippen LogP contribution in [0.1, 0.15) is 35.7 Å². The first-order valence-electron chi connectivity index (χ1n) is 7.70. The number of ketones is 1. The molecule has 1 aliphatic rings. The number of ether oxygens (including phenoxy) is 1. The van der Waals surface area contributed by atoms with Gasteiger partial charge >= 0.3 is 11.7 Å². The zero-order valence-electron chi connectivity index (χ0n) is 13.9. The number of nitro benzene ring substituents is 1. The molecule has 0 heterocycles. The molecule has 0 unspecified atom stereocenters. The number of nitrogens with zero attached hydrogens (tertiary/aromatic N) is 1. The van der Waals surface area contributed by atoms with Gasteiger partial charge in [-0.3, -0.25) is 14.9 Å². The van der Waals surface area contributed by atoms with Crippen molar-refractivity contribution in [2.45, 2.75) is 32.7 Å². The molecule has 10 heteroatoms. The number of carbonyl (C=O) groups is 2. The molecular weight excluding hydrogens is 357 g/mol. The summed E-state index contributed by atoms with van der Waals surface area (Å²) >= 11 is 0. The number of rotatable bonds is 7. The number of hydrogen-bond acceptors (Lipinski definition) is 6. The number of esters is 1. The molecule has 0 amide bonds. The van der Waals surface area contributed by atoms with Crippen LogP contribution < -0.4 is 5.32 Å². The van der Waals surface area contributed by atoms with Gasteiger partial charge in [-0.25, -0.2) is 13.6 Å². The van der Waals surface area contributed by atoms with Gasteiger partial charge in [-0.15, -0.1) is 0 Å². The molecule has 0 bridgehead atoms. The van der Waals surface area contributed by atoms with Gasteiger partial charge in [0.15, 0.2) is 5.82 Å². The van der Waals surface area contributed by atoms with Crippen LogP contribution in [0.15, 0.2) is 11.8 Å². The minimum Gasteiger partial charge on any atom is -0.462 e. The zero-order valence-corrected chi connectivity index (χ0v) is 13.9. The minimum atomic E-state index is -1.98. The molecule has 1 aromatic rings. The van der Waals surface area contributed by atoms with Gasteiger partial charge in [-0.05, 0) is 26.7 Å². The molecule has 1 saturated carbocycles. The SMILES string of the molecule is CCOC(=O)C(=CNC1CC1)C(=O)c1c(F)c(C)c(F)c(F)c1[N+](=O)[O-]. The van der Waals surface area contributed by atoms with E-state index in [0.717, 1.165) is 26.0 Å². The van der Waals surface area contributed by atoms with Gasteiger partial charge in [-0.1, -0.05) is 0 Å². The Morgan fingerprint density at radius 2 is 1.88 bits per heavy atom. The lowest BCUT2D eigenvalue weighted by Gasteiger charge is -2.11. The van der Waals surface area contributed by atoms with Crippen molar-refractivity contribution in [3.8, 4) is 0 Å². The third-order valence-electron chi connectivity index (χ3n) is 3.71. The zero-order chi connectivity index (χ0) is 19.6. The lowest BCUT2D eigenvalue weighted by Crippen LogP contribution is -2.23. The van der Waals surface area contributed by atoms with Crippen molar-refractivity contribution in [1.29, 1.82) is 0 Å². The first-order valence-corrected chi connectivity index (χ1v) is 7.70.